The fourth-order valence-electron chi connectivity index (χ4n) is 3.31. The first-order valence-electron chi connectivity index (χ1n) is 9.23. The van der Waals surface area contributed by atoms with Gasteiger partial charge in [-0.25, -0.2) is 0 Å². The lowest BCUT2D eigenvalue weighted by Crippen LogP contribution is -2.32. The molecular formula is C22H23NO5S. The highest BCUT2D eigenvalue weighted by Crippen LogP contribution is 2.40. The van der Waals surface area contributed by atoms with E-state index in [9.17, 15) is 14.7 Å². The van der Waals surface area contributed by atoms with E-state index in [-0.39, 0.29) is 11.4 Å². The van der Waals surface area contributed by atoms with Gasteiger partial charge in [-0.1, -0.05) is 30.9 Å². The van der Waals surface area contributed by atoms with Crippen molar-refractivity contribution in [1.82, 2.24) is 4.90 Å². The predicted molar refractivity (Wildman–Crippen MR) is 111 cm³/mol. The fraction of sp³-hybridized carbons (Fsp3) is 0.273. The molecule has 0 radical (unpaired) electrons. The maximum atomic E-state index is 13.1. The van der Waals surface area contributed by atoms with Crippen LogP contribution in [0.2, 0.25) is 0 Å². The van der Waals surface area contributed by atoms with Crippen LogP contribution in [0.1, 0.15) is 27.7 Å². The number of hydrogen-bond donors (Lipinski definition) is 1. The highest BCUT2D eigenvalue weighted by Gasteiger charge is 2.43. The molecule has 0 aliphatic carbocycles. The zero-order valence-corrected chi connectivity index (χ0v) is 17.0. The fourth-order valence-corrected chi connectivity index (χ4v) is 3.99. The minimum atomic E-state index is -0.693. The van der Waals surface area contributed by atoms with Crippen LogP contribution >= 0.6 is 11.3 Å². The first-order valence-corrected chi connectivity index (χ1v) is 10.1. The summed E-state index contributed by atoms with van der Waals surface area (Å²) in [7, 11) is 1.59. The summed E-state index contributed by atoms with van der Waals surface area (Å²) in [6.45, 7) is 4.79. The summed E-state index contributed by atoms with van der Waals surface area (Å²) in [5, 5.41) is 12.4. The van der Waals surface area contributed by atoms with E-state index < -0.39 is 17.7 Å². The molecule has 0 saturated carbocycles. The summed E-state index contributed by atoms with van der Waals surface area (Å²) < 4.78 is 10.7. The van der Waals surface area contributed by atoms with Crippen molar-refractivity contribution in [3.05, 3.63) is 76.2 Å². The Labute approximate surface area is 173 Å². The minimum absolute atomic E-state index is 0.0933. The van der Waals surface area contributed by atoms with E-state index in [0.717, 1.165) is 0 Å². The summed E-state index contributed by atoms with van der Waals surface area (Å²) in [5.74, 6) is -0.796. The van der Waals surface area contributed by atoms with Gasteiger partial charge in [0.1, 0.15) is 12.4 Å². The van der Waals surface area contributed by atoms with Gasteiger partial charge < -0.3 is 19.5 Å². The lowest BCUT2D eigenvalue weighted by molar-refractivity contribution is -0.129. The van der Waals surface area contributed by atoms with Gasteiger partial charge in [-0.2, -0.15) is 0 Å². The Morgan fingerprint density at radius 1 is 1.34 bits per heavy atom. The van der Waals surface area contributed by atoms with Crippen LogP contribution in [-0.4, -0.2) is 48.6 Å². The molecule has 1 atom stereocenters. The van der Waals surface area contributed by atoms with Crippen molar-refractivity contribution < 1.29 is 24.2 Å². The Morgan fingerprint density at radius 3 is 2.86 bits per heavy atom. The molecular weight excluding hydrogens is 390 g/mol. The molecule has 2 aromatic rings. The molecule has 0 bridgehead atoms. The monoisotopic (exact) mass is 413 g/mol. The van der Waals surface area contributed by atoms with Gasteiger partial charge >= 0.3 is 0 Å². The molecule has 1 aromatic heterocycles. The Bertz CT molecular complexity index is 919. The third-order valence-electron chi connectivity index (χ3n) is 4.58. The molecule has 1 aliphatic rings. The summed E-state index contributed by atoms with van der Waals surface area (Å²) in [5.41, 5.74) is 0.789. The highest BCUT2D eigenvalue weighted by atomic mass is 32.1. The molecule has 1 N–H and O–H groups in total. The molecule has 152 valence electrons. The van der Waals surface area contributed by atoms with Crippen LogP contribution in [0.4, 0.5) is 0 Å². The zero-order valence-electron chi connectivity index (χ0n) is 16.2. The number of thiophene rings is 1. The Hall–Kier alpha value is -2.90. The van der Waals surface area contributed by atoms with Crippen LogP contribution in [0.15, 0.2) is 65.8 Å². The van der Waals surface area contributed by atoms with Crippen LogP contribution in [0, 0.1) is 0 Å². The van der Waals surface area contributed by atoms with E-state index in [1.807, 2.05) is 6.07 Å². The second-order valence-corrected chi connectivity index (χ2v) is 7.44. The van der Waals surface area contributed by atoms with Crippen molar-refractivity contribution in [3.63, 3.8) is 0 Å². The van der Waals surface area contributed by atoms with E-state index in [0.29, 0.717) is 42.4 Å². The first-order chi connectivity index (χ1) is 14.1. The van der Waals surface area contributed by atoms with Crippen LogP contribution in [0.25, 0.3) is 0 Å². The Morgan fingerprint density at radius 2 is 2.17 bits per heavy atom. The van der Waals surface area contributed by atoms with Gasteiger partial charge in [0.05, 0.1) is 16.5 Å². The predicted octanol–water partition coefficient (Wildman–Crippen LogP) is 3.93. The number of Topliss-reactive ketones (excluding diaryl/α,β-unsaturated/α-hetero) is 1. The van der Waals surface area contributed by atoms with Gasteiger partial charge in [-0.3, -0.25) is 9.59 Å². The van der Waals surface area contributed by atoms with Gasteiger partial charge in [-0.05, 0) is 35.6 Å². The van der Waals surface area contributed by atoms with E-state index in [4.69, 9.17) is 9.47 Å². The van der Waals surface area contributed by atoms with Gasteiger partial charge in [0.2, 0.25) is 5.78 Å². The van der Waals surface area contributed by atoms with E-state index in [1.165, 1.54) is 16.2 Å². The van der Waals surface area contributed by atoms with Crippen LogP contribution in [-0.2, 0) is 9.53 Å². The highest BCUT2D eigenvalue weighted by molar-refractivity contribution is 7.12. The average Bonchev–Trinajstić information content (AvgIpc) is 3.35. The summed E-state index contributed by atoms with van der Waals surface area (Å²) in [6.07, 6.45) is 2.22. The number of carbonyl (C=O) groups excluding carboxylic acids is 2. The number of amides is 1. The SMILES string of the molecule is C=CCOc1cccc(C2C(C(=O)c3cccs3)=C(O)C(=O)N2CCCOC)c1. The Balaban J connectivity index is 2.01. The minimum Gasteiger partial charge on any atom is -0.503 e. The number of benzene rings is 1. The maximum absolute atomic E-state index is 13.1. The molecule has 6 nitrogen and oxygen atoms in total. The molecule has 7 heteroatoms. The standard InChI is InChI=1S/C22H23NO5S/c1-3-11-28-16-8-4-7-15(14-16)19-18(20(24)17-9-5-13-29-17)21(25)22(26)23(19)10-6-12-27-2/h3-5,7-9,13-14,19,25H,1,6,10-12H2,2H3. The van der Waals surface area contributed by atoms with Crippen molar-refractivity contribution in [2.24, 2.45) is 0 Å². The smallest absolute Gasteiger partial charge is 0.290 e. The number of nitrogens with zero attached hydrogens (tertiary/aromatic N) is 1. The van der Waals surface area contributed by atoms with E-state index >= 15 is 0 Å². The Kier molecular flexibility index (Phi) is 6.85. The number of carbonyl (C=O) groups is 2. The number of aliphatic hydroxyl groups is 1. The molecule has 1 unspecified atom stereocenters. The quantitative estimate of drug-likeness (QED) is 0.363. The number of hydrogen-bond acceptors (Lipinski definition) is 6. The van der Waals surface area contributed by atoms with Crippen molar-refractivity contribution in [3.8, 4) is 5.75 Å². The normalized spacial score (nSPS) is 16.4. The number of ether oxygens (including phenoxy) is 2. The third-order valence-corrected chi connectivity index (χ3v) is 5.45. The summed E-state index contributed by atoms with van der Waals surface area (Å²) in [4.78, 5) is 27.9. The van der Waals surface area contributed by atoms with Crippen molar-refractivity contribution in [2.45, 2.75) is 12.5 Å². The lowest BCUT2D eigenvalue weighted by Gasteiger charge is -2.27. The van der Waals surface area contributed by atoms with Gasteiger partial charge in [0.25, 0.3) is 5.91 Å². The van der Waals surface area contributed by atoms with Crippen LogP contribution in [0.3, 0.4) is 0 Å². The van der Waals surface area contributed by atoms with Crippen molar-refractivity contribution in [1.29, 1.82) is 0 Å². The van der Waals surface area contributed by atoms with E-state index in [1.54, 1.807) is 48.9 Å². The number of aliphatic hydroxyl groups excluding tert-OH is 1. The molecule has 1 amide bonds. The summed E-state index contributed by atoms with van der Waals surface area (Å²) >= 11 is 1.27. The molecule has 2 heterocycles. The number of ketones is 1. The number of rotatable bonds is 10. The van der Waals surface area contributed by atoms with Crippen LogP contribution < -0.4 is 4.74 Å². The first kappa shape index (κ1) is 20.8. The molecule has 29 heavy (non-hydrogen) atoms. The molecule has 1 aromatic carbocycles. The van der Waals surface area contributed by atoms with E-state index in [2.05, 4.69) is 6.58 Å². The van der Waals surface area contributed by atoms with Crippen molar-refractivity contribution >= 4 is 23.0 Å². The molecule has 0 spiro atoms. The maximum Gasteiger partial charge on any atom is 0.290 e. The van der Waals surface area contributed by atoms with Gasteiger partial charge in [0.15, 0.2) is 5.76 Å². The van der Waals surface area contributed by atoms with Crippen molar-refractivity contribution in [2.75, 3.05) is 26.9 Å². The van der Waals surface area contributed by atoms with Gasteiger partial charge in [-0.15, -0.1) is 11.3 Å². The van der Waals surface area contributed by atoms with Crippen LogP contribution in [0.5, 0.6) is 5.75 Å². The lowest BCUT2D eigenvalue weighted by atomic mass is 9.95. The van der Waals surface area contributed by atoms with Gasteiger partial charge in [0, 0.05) is 20.3 Å². The molecule has 3 rings (SSSR count). The number of methoxy groups -OCH3 is 1. The zero-order chi connectivity index (χ0) is 20.8. The molecule has 0 saturated heterocycles. The molecule has 0 fully saturated rings. The summed E-state index contributed by atoms with van der Waals surface area (Å²) in [6, 6.07) is 9.96. The average molecular weight is 413 g/mol. The second kappa shape index (κ2) is 9.54. The topological polar surface area (TPSA) is 76.1 Å². The third kappa shape index (κ3) is 4.41. The molecule has 1 aliphatic heterocycles. The largest absolute Gasteiger partial charge is 0.503 e. The second-order valence-electron chi connectivity index (χ2n) is 6.49.